The summed E-state index contributed by atoms with van der Waals surface area (Å²) in [5.41, 5.74) is 2.93. The molecule has 0 aliphatic heterocycles. The number of non-ortho nitro benzene ring substituents is 1. The zero-order valence-electron chi connectivity index (χ0n) is 14.7. The molecule has 0 aliphatic rings. The molecule has 0 spiro atoms. The van der Waals surface area contributed by atoms with Crippen LogP contribution in [-0.4, -0.2) is 4.92 Å². The van der Waals surface area contributed by atoms with Crippen molar-refractivity contribution in [1.29, 1.82) is 5.26 Å². The SMILES string of the molecule is N#C/C(=C/c1ccc(OCc2cccc([N+](=O)[O-])c2)cc1)c1ccc(Cl)cc1. The number of hydrogen-bond donors (Lipinski definition) is 0. The lowest BCUT2D eigenvalue weighted by molar-refractivity contribution is -0.384. The van der Waals surface area contributed by atoms with Crippen LogP contribution < -0.4 is 4.74 Å². The maximum atomic E-state index is 10.8. The molecule has 0 bridgehead atoms. The highest BCUT2D eigenvalue weighted by atomic mass is 35.5. The molecule has 0 radical (unpaired) electrons. The maximum absolute atomic E-state index is 10.8. The van der Waals surface area contributed by atoms with Gasteiger partial charge in [-0.3, -0.25) is 10.1 Å². The van der Waals surface area contributed by atoms with Gasteiger partial charge in [0.15, 0.2) is 0 Å². The van der Waals surface area contributed by atoms with E-state index in [9.17, 15) is 15.4 Å². The number of benzene rings is 3. The molecule has 3 aromatic carbocycles. The molecule has 0 saturated carbocycles. The number of nitro groups is 1. The third-order valence-corrected chi connectivity index (χ3v) is 4.25. The number of nitro benzene ring substituents is 1. The first-order valence-electron chi connectivity index (χ1n) is 8.39. The van der Waals surface area contributed by atoms with Gasteiger partial charge in [-0.2, -0.15) is 5.26 Å². The van der Waals surface area contributed by atoms with Crippen LogP contribution in [0.4, 0.5) is 5.69 Å². The largest absolute Gasteiger partial charge is 0.489 e. The Balaban J connectivity index is 1.69. The van der Waals surface area contributed by atoms with Crippen molar-refractivity contribution in [2.24, 2.45) is 0 Å². The second-order valence-corrected chi connectivity index (χ2v) is 6.40. The summed E-state index contributed by atoms with van der Waals surface area (Å²) in [6, 6.07) is 22.9. The normalized spacial score (nSPS) is 10.9. The number of halogens is 1. The molecule has 0 amide bonds. The lowest BCUT2D eigenvalue weighted by Gasteiger charge is -2.07. The van der Waals surface area contributed by atoms with Gasteiger partial charge in [0.25, 0.3) is 5.69 Å². The van der Waals surface area contributed by atoms with E-state index in [0.717, 1.165) is 11.1 Å². The molecule has 3 rings (SSSR count). The molecule has 0 heterocycles. The summed E-state index contributed by atoms with van der Waals surface area (Å²) in [6.07, 6.45) is 1.79. The minimum absolute atomic E-state index is 0.0350. The summed E-state index contributed by atoms with van der Waals surface area (Å²) < 4.78 is 5.69. The number of hydrogen-bond acceptors (Lipinski definition) is 4. The maximum Gasteiger partial charge on any atom is 0.269 e. The van der Waals surface area contributed by atoms with Crippen LogP contribution in [0, 0.1) is 21.4 Å². The minimum Gasteiger partial charge on any atom is -0.489 e. The third kappa shape index (κ3) is 4.97. The first kappa shape index (κ1) is 19.2. The summed E-state index contributed by atoms with van der Waals surface area (Å²) >= 11 is 5.89. The van der Waals surface area contributed by atoms with Crippen molar-refractivity contribution in [3.8, 4) is 11.8 Å². The third-order valence-electron chi connectivity index (χ3n) is 3.99. The van der Waals surface area contributed by atoms with Gasteiger partial charge in [0.2, 0.25) is 0 Å². The Morgan fingerprint density at radius 3 is 2.46 bits per heavy atom. The first-order valence-corrected chi connectivity index (χ1v) is 8.77. The van der Waals surface area contributed by atoms with Gasteiger partial charge in [-0.05, 0) is 47.0 Å². The van der Waals surface area contributed by atoms with E-state index in [4.69, 9.17) is 16.3 Å². The smallest absolute Gasteiger partial charge is 0.269 e. The Hall–Kier alpha value is -3.62. The van der Waals surface area contributed by atoms with Crippen molar-refractivity contribution >= 4 is 28.9 Å². The van der Waals surface area contributed by atoms with Gasteiger partial charge in [0.1, 0.15) is 12.4 Å². The van der Waals surface area contributed by atoms with E-state index in [0.29, 0.717) is 21.9 Å². The predicted molar refractivity (Wildman–Crippen MR) is 109 cm³/mol. The zero-order chi connectivity index (χ0) is 19.9. The Bertz CT molecular complexity index is 1050. The van der Waals surface area contributed by atoms with E-state index in [1.165, 1.54) is 12.1 Å². The molecule has 6 heteroatoms. The minimum atomic E-state index is -0.432. The monoisotopic (exact) mass is 390 g/mol. The van der Waals surface area contributed by atoms with Gasteiger partial charge in [-0.25, -0.2) is 0 Å². The van der Waals surface area contributed by atoms with Crippen LogP contribution in [-0.2, 0) is 6.61 Å². The van der Waals surface area contributed by atoms with Gasteiger partial charge < -0.3 is 4.74 Å². The standard InChI is InChI=1S/C22H15ClN2O3/c23-20-8-6-18(7-9-20)19(14-24)12-16-4-10-22(11-5-16)28-15-17-2-1-3-21(13-17)25(26)27/h1-13H,15H2/b19-12-. The molecule has 0 saturated heterocycles. The Labute approximate surface area is 167 Å². The van der Waals surface area contributed by atoms with Gasteiger partial charge in [0, 0.05) is 17.2 Å². The molecular formula is C22H15ClN2O3. The van der Waals surface area contributed by atoms with Crippen LogP contribution in [0.5, 0.6) is 5.75 Å². The van der Waals surface area contributed by atoms with Gasteiger partial charge >= 0.3 is 0 Å². The van der Waals surface area contributed by atoms with Gasteiger partial charge in [-0.15, -0.1) is 0 Å². The summed E-state index contributed by atoms with van der Waals surface area (Å²) in [6.45, 7) is 0.227. The van der Waals surface area contributed by atoms with E-state index >= 15 is 0 Å². The second kappa shape index (κ2) is 8.85. The molecule has 0 fully saturated rings. The topological polar surface area (TPSA) is 76.2 Å². The highest BCUT2D eigenvalue weighted by Gasteiger charge is 2.06. The highest BCUT2D eigenvalue weighted by Crippen LogP contribution is 2.22. The van der Waals surface area contributed by atoms with Crippen molar-refractivity contribution in [3.05, 3.63) is 105 Å². The van der Waals surface area contributed by atoms with E-state index in [1.54, 1.807) is 54.6 Å². The van der Waals surface area contributed by atoms with E-state index in [-0.39, 0.29) is 12.3 Å². The molecule has 0 atom stereocenters. The Kier molecular flexibility index (Phi) is 6.05. The molecule has 0 aromatic heterocycles. The number of rotatable bonds is 6. The molecule has 138 valence electrons. The molecule has 5 nitrogen and oxygen atoms in total. The number of nitrogens with zero attached hydrogens (tertiary/aromatic N) is 2. The molecular weight excluding hydrogens is 376 g/mol. The van der Waals surface area contributed by atoms with Crippen molar-refractivity contribution in [2.45, 2.75) is 6.61 Å². The zero-order valence-corrected chi connectivity index (χ0v) is 15.5. The van der Waals surface area contributed by atoms with Crippen molar-refractivity contribution < 1.29 is 9.66 Å². The summed E-state index contributed by atoms with van der Waals surface area (Å²) in [5.74, 6) is 0.633. The van der Waals surface area contributed by atoms with Crippen molar-refractivity contribution in [1.82, 2.24) is 0 Å². The fourth-order valence-electron chi connectivity index (χ4n) is 2.56. The molecule has 0 N–H and O–H groups in total. The van der Waals surface area contributed by atoms with E-state index in [2.05, 4.69) is 6.07 Å². The number of nitriles is 1. The molecule has 28 heavy (non-hydrogen) atoms. The van der Waals surface area contributed by atoms with Crippen LogP contribution in [0.2, 0.25) is 5.02 Å². The van der Waals surface area contributed by atoms with Gasteiger partial charge in [-0.1, -0.05) is 48.0 Å². The molecule has 0 unspecified atom stereocenters. The Morgan fingerprint density at radius 1 is 1.11 bits per heavy atom. The first-order chi connectivity index (χ1) is 13.5. The highest BCUT2D eigenvalue weighted by molar-refractivity contribution is 6.30. The summed E-state index contributed by atoms with van der Waals surface area (Å²) in [7, 11) is 0. The number of allylic oxidation sites excluding steroid dienone is 1. The molecule has 3 aromatic rings. The lowest BCUT2D eigenvalue weighted by Crippen LogP contribution is -1.96. The average Bonchev–Trinajstić information content (AvgIpc) is 2.72. The van der Waals surface area contributed by atoms with Gasteiger partial charge in [0.05, 0.1) is 16.6 Å². The fraction of sp³-hybridized carbons (Fsp3) is 0.0455. The lowest BCUT2D eigenvalue weighted by atomic mass is 10.0. The fourth-order valence-corrected chi connectivity index (χ4v) is 2.69. The quantitative estimate of drug-likeness (QED) is 0.227. The second-order valence-electron chi connectivity index (χ2n) is 5.96. The predicted octanol–water partition coefficient (Wildman–Crippen LogP) is 5.89. The average molecular weight is 391 g/mol. The molecule has 0 aliphatic carbocycles. The van der Waals surface area contributed by atoms with E-state index in [1.807, 2.05) is 12.1 Å². The van der Waals surface area contributed by atoms with Crippen LogP contribution >= 0.6 is 11.6 Å². The van der Waals surface area contributed by atoms with Crippen LogP contribution in [0.3, 0.4) is 0 Å². The van der Waals surface area contributed by atoms with Crippen LogP contribution in [0.15, 0.2) is 72.8 Å². The Morgan fingerprint density at radius 2 is 1.82 bits per heavy atom. The van der Waals surface area contributed by atoms with Crippen molar-refractivity contribution in [2.75, 3.05) is 0 Å². The summed E-state index contributed by atoms with van der Waals surface area (Å²) in [5, 5.41) is 20.9. The van der Waals surface area contributed by atoms with Crippen molar-refractivity contribution in [3.63, 3.8) is 0 Å². The van der Waals surface area contributed by atoms with Crippen LogP contribution in [0.1, 0.15) is 16.7 Å². The van der Waals surface area contributed by atoms with Crippen LogP contribution in [0.25, 0.3) is 11.6 Å². The number of ether oxygens (including phenoxy) is 1. The van der Waals surface area contributed by atoms with E-state index < -0.39 is 4.92 Å². The summed E-state index contributed by atoms with van der Waals surface area (Å²) in [4.78, 5) is 10.4.